The first-order valence-corrected chi connectivity index (χ1v) is 44.3. The Hall–Kier alpha value is -21.2. The zero-order valence-electron chi connectivity index (χ0n) is 80.2. The highest BCUT2D eigenvalue weighted by Crippen LogP contribution is 2.39. The molecule has 0 amide bonds. The van der Waals surface area contributed by atoms with Gasteiger partial charge in [-0.25, -0.2) is 9.69 Å². The second-order valence-corrected chi connectivity index (χ2v) is 31.0. The molecule has 25 heteroatoms. The van der Waals surface area contributed by atoms with E-state index in [4.69, 9.17) is 107 Å². The first-order chi connectivity index (χ1) is 70.1. The van der Waals surface area contributed by atoms with E-state index >= 15 is 0 Å². The number of aromatic hydroxyl groups is 5. The minimum Gasteiger partial charge on any atom is -0.508 e. The molecule has 714 valence electrons. The first-order valence-electron chi connectivity index (χ1n) is 44.3. The molecule has 0 aromatic heterocycles. The molecule has 0 aliphatic heterocycles. The number of para-hydroxylation sites is 10. The van der Waals surface area contributed by atoms with Crippen LogP contribution in [0.5, 0.6) is 86.2 Å². The molecule has 0 bridgehead atoms. The highest BCUT2D eigenvalue weighted by atomic mass is 16.6. The summed E-state index contributed by atoms with van der Waals surface area (Å²) < 4.78 is 28.4. The van der Waals surface area contributed by atoms with Crippen molar-refractivity contribution in [3.05, 3.63) is 511 Å². The number of hydrogen-bond donors (Lipinski definition) is 5. The molecule has 25 nitrogen and oxygen atoms in total. The van der Waals surface area contributed by atoms with E-state index in [9.17, 15) is 20.3 Å². The third kappa shape index (κ3) is 39.6. The molecule has 0 fully saturated rings. The Kier molecular flexibility index (Phi) is 48.5. The van der Waals surface area contributed by atoms with E-state index in [1.54, 1.807) is 188 Å². The van der Waals surface area contributed by atoms with Crippen molar-refractivity contribution in [2.45, 2.75) is 79.1 Å². The van der Waals surface area contributed by atoms with Crippen LogP contribution in [0.4, 0.5) is 28.4 Å². The minimum absolute atomic E-state index is 0.0247. The van der Waals surface area contributed by atoms with Crippen LogP contribution >= 0.6 is 0 Å². The predicted octanol–water partition coefficient (Wildman–Crippen LogP) is 31.6. The number of nitro benzene ring substituents is 1. The van der Waals surface area contributed by atoms with Crippen molar-refractivity contribution in [2.24, 2.45) is 0 Å². The first kappa shape index (κ1) is 113. The number of rotatable bonds is 15. The Morgan fingerprint density at radius 3 is 0.690 bits per heavy atom. The highest BCUT2D eigenvalue weighted by Gasteiger charge is 2.16. The number of phenols is 5. The van der Waals surface area contributed by atoms with Gasteiger partial charge >= 0.3 is 0 Å². The van der Waals surface area contributed by atoms with E-state index in [2.05, 4.69) is 74.8 Å². The zero-order valence-corrected chi connectivity index (χ0v) is 80.2. The molecule has 0 saturated carbocycles. The molecule has 0 aliphatic carbocycles. The van der Waals surface area contributed by atoms with E-state index in [0.29, 0.717) is 155 Å². The van der Waals surface area contributed by atoms with Crippen LogP contribution in [0.15, 0.2) is 388 Å². The summed E-state index contributed by atoms with van der Waals surface area (Å²) in [4.78, 5) is 23.0. The van der Waals surface area contributed by atoms with Crippen LogP contribution in [0.1, 0.15) is 146 Å². The Labute approximate surface area is 844 Å². The molecule has 0 saturated heterocycles. The van der Waals surface area contributed by atoms with Crippen LogP contribution in [-0.4, -0.2) is 30.5 Å². The van der Waals surface area contributed by atoms with Crippen molar-refractivity contribution in [1.29, 1.82) is 42.1 Å². The second-order valence-electron chi connectivity index (χ2n) is 31.0. The maximum absolute atomic E-state index is 10.3. The average Bonchev–Trinajstić information content (AvgIpc) is 0.832. The standard InChI is InChI=1S/2C17H14N2O.3C14H8N2O.2C9H12O.C8H3N3O2.3C6H6O/c2*1-12(2)14-7-5-6-8-17(14)20-13-9-10-15(18-3)16(11-13)19-4;3*15-9-11-6-7-14(8-12(11)10-16)17-13-4-2-1-3-5-13;2*1-7(2)8-5-3-4-6-9(8)10;9-4-6-1-2-8(11(12)13)3-7(6)5-10;3*7-6-4-2-1-3-5-6/h2*5-12H,1-2H3;3*1-8H;2*3-7,10H,1-2H3;1-3H;3*1-5,7H. The predicted molar refractivity (Wildman–Crippen MR) is 558 cm³/mol. The smallest absolute Gasteiger partial charge is 0.270 e. The molecule has 0 unspecified atom stereocenters. The molecule has 0 atom stereocenters. The third-order valence-electron chi connectivity index (χ3n) is 19.4. The summed E-state index contributed by atoms with van der Waals surface area (Å²) in [6, 6.07) is 128. The molecule has 145 heavy (non-hydrogen) atoms. The van der Waals surface area contributed by atoms with Gasteiger partial charge in [-0.3, -0.25) is 19.8 Å². The molecule has 0 radical (unpaired) electrons. The van der Waals surface area contributed by atoms with Crippen molar-refractivity contribution in [3.8, 4) is 135 Å². The molecule has 16 rings (SSSR count). The quantitative estimate of drug-likeness (QED) is 0.0361. The molecular formula is C120H97N13O12. The highest BCUT2D eigenvalue weighted by molar-refractivity contribution is 5.73. The summed E-state index contributed by atoms with van der Waals surface area (Å²) >= 11 is 0. The lowest BCUT2D eigenvalue weighted by molar-refractivity contribution is -0.384. The Balaban J connectivity index is 0.000000248. The van der Waals surface area contributed by atoms with E-state index in [-0.39, 0.29) is 16.8 Å². The van der Waals surface area contributed by atoms with Gasteiger partial charge in [-0.2, -0.15) is 42.1 Å². The number of ether oxygens (including phenoxy) is 5. The topological polar surface area (TPSA) is 398 Å². The van der Waals surface area contributed by atoms with Gasteiger partial charge in [0.2, 0.25) is 0 Å². The maximum atomic E-state index is 10.3. The molecule has 5 N–H and O–H groups in total. The molecule has 0 spiro atoms. The van der Waals surface area contributed by atoms with E-state index in [1.165, 1.54) is 12.1 Å². The zero-order chi connectivity index (χ0) is 106. The number of hydrogen-bond acceptors (Lipinski definition) is 20. The number of nitriles is 8. The maximum Gasteiger partial charge on any atom is 0.270 e. The second kappa shape index (κ2) is 62.4. The monoisotopic (exact) mass is 1910 g/mol. The third-order valence-corrected chi connectivity index (χ3v) is 19.4. The normalized spacial score (nSPS) is 9.32. The van der Waals surface area contributed by atoms with Crippen LogP contribution in [0.25, 0.3) is 19.4 Å². The molecule has 0 heterocycles. The van der Waals surface area contributed by atoms with Crippen molar-refractivity contribution < 1.29 is 54.1 Å². The summed E-state index contributed by atoms with van der Waals surface area (Å²) in [6.45, 7) is 44.9. The van der Waals surface area contributed by atoms with Gasteiger partial charge in [0, 0.05) is 12.1 Å². The van der Waals surface area contributed by atoms with E-state index in [0.717, 1.165) is 39.8 Å². The number of non-ortho nitro benzene ring substituents is 1. The van der Waals surface area contributed by atoms with Gasteiger partial charge in [-0.15, -0.1) is 0 Å². The van der Waals surface area contributed by atoms with E-state index in [1.807, 2.05) is 231 Å². The fourth-order valence-corrected chi connectivity index (χ4v) is 12.1. The molecule has 16 aromatic carbocycles. The largest absolute Gasteiger partial charge is 0.508 e. The lowest BCUT2D eigenvalue weighted by Gasteiger charge is -2.14. The molecule has 16 aromatic rings. The van der Waals surface area contributed by atoms with Gasteiger partial charge in [0.05, 0.1) is 75.7 Å². The molecular weight excluding hydrogens is 1820 g/mol. The summed E-state index contributed by atoms with van der Waals surface area (Å²) in [7, 11) is 0. The van der Waals surface area contributed by atoms with Crippen LogP contribution in [-0.2, 0) is 0 Å². The van der Waals surface area contributed by atoms with Crippen LogP contribution in [0.3, 0.4) is 0 Å². The Bertz CT molecular complexity index is 6910. The summed E-state index contributed by atoms with van der Waals surface area (Å²) in [6.07, 6.45) is 0. The Morgan fingerprint density at radius 1 is 0.241 bits per heavy atom. The lowest BCUT2D eigenvalue weighted by Crippen LogP contribution is -1.93. The number of benzene rings is 16. The van der Waals surface area contributed by atoms with Crippen molar-refractivity contribution in [1.82, 2.24) is 0 Å². The van der Waals surface area contributed by atoms with Crippen molar-refractivity contribution >= 4 is 28.4 Å². The van der Waals surface area contributed by atoms with E-state index < -0.39 is 4.92 Å². The lowest BCUT2D eigenvalue weighted by atomic mass is 10.0. The van der Waals surface area contributed by atoms with Crippen LogP contribution in [0, 0.1) is 127 Å². The summed E-state index contributed by atoms with van der Waals surface area (Å²) in [5.74, 6) is 9.75. The minimum atomic E-state index is -0.609. The average molecular weight is 1910 g/mol. The van der Waals surface area contributed by atoms with Gasteiger partial charge in [-0.05, 0) is 228 Å². The van der Waals surface area contributed by atoms with Gasteiger partial charge < -0.3 is 49.2 Å². The fraction of sp³-hybridized carbons (Fsp3) is 0.100. The number of nitrogens with zero attached hydrogens (tertiary/aromatic N) is 13. The SMILES string of the molecule is CC(C)c1ccccc1O.CC(C)c1ccccc1O.N#Cc1ccc(Oc2ccccc2)cc1C#N.N#Cc1ccc(Oc2ccccc2)cc1C#N.N#Cc1ccc(Oc2ccccc2)cc1C#N.N#Cc1ccc([N+](=O)[O-])cc1C#N.Oc1ccccc1.Oc1ccccc1.Oc1ccccc1.[C-]#[N+]c1ccc(Oc2ccccc2C(C)C)cc1[N+]#[C-].[C-]#[N+]c1ccc(Oc2ccccc2C(C)C)cc1[N+]#[C-]. The summed E-state index contributed by atoms with van der Waals surface area (Å²) in [5.41, 5.74) is 7.62. The van der Waals surface area contributed by atoms with Gasteiger partial charge in [-0.1, -0.05) is 250 Å². The van der Waals surface area contributed by atoms with Crippen molar-refractivity contribution in [2.75, 3.05) is 0 Å². The molecule has 0 aliphatic rings. The summed E-state index contributed by atoms with van der Waals surface area (Å²) in [5, 5.41) is 125. The van der Waals surface area contributed by atoms with Crippen LogP contribution < -0.4 is 23.7 Å². The Morgan fingerprint density at radius 2 is 0.462 bits per heavy atom. The van der Waals surface area contributed by atoms with Gasteiger partial charge in [0.25, 0.3) is 5.69 Å². The fourth-order valence-electron chi connectivity index (χ4n) is 12.1. The number of phenolic OH excluding ortho intramolecular Hbond substituents is 5. The van der Waals surface area contributed by atoms with Crippen LogP contribution in [0.2, 0.25) is 0 Å². The van der Waals surface area contributed by atoms with Gasteiger partial charge in [0.1, 0.15) is 135 Å². The van der Waals surface area contributed by atoms with Gasteiger partial charge in [0.15, 0.2) is 22.7 Å². The number of nitro groups is 1. The van der Waals surface area contributed by atoms with Crippen molar-refractivity contribution in [3.63, 3.8) is 0 Å².